The van der Waals surface area contributed by atoms with E-state index in [2.05, 4.69) is 21.3 Å². The van der Waals surface area contributed by atoms with Gasteiger partial charge in [-0.2, -0.15) is 0 Å². The predicted molar refractivity (Wildman–Crippen MR) is 61.2 cm³/mol. The van der Waals surface area contributed by atoms with Gasteiger partial charge >= 0.3 is 0 Å². The Hall–Kier alpha value is -1.09. The van der Waals surface area contributed by atoms with E-state index >= 15 is 0 Å². The molecular weight excluding hydrogens is 186 g/mol. The maximum absolute atomic E-state index is 4.18. The molecule has 3 nitrogen and oxygen atoms in total. The summed E-state index contributed by atoms with van der Waals surface area (Å²) in [5.74, 6) is 0. The van der Waals surface area contributed by atoms with Crippen molar-refractivity contribution in [2.75, 3.05) is 24.5 Å². The first-order chi connectivity index (χ1) is 7.43. The van der Waals surface area contributed by atoms with Crippen molar-refractivity contribution in [1.29, 1.82) is 0 Å². The number of fused-ring (bicyclic) bond motifs is 1. The van der Waals surface area contributed by atoms with Crippen molar-refractivity contribution in [2.24, 2.45) is 0 Å². The third kappa shape index (κ3) is 1.72. The van der Waals surface area contributed by atoms with Crippen molar-refractivity contribution in [1.82, 2.24) is 10.3 Å². The van der Waals surface area contributed by atoms with Crippen molar-refractivity contribution in [2.45, 2.75) is 25.3 Å². The fourth-order valence-corrected chi connectivity index (χ4v) is 2.67. The SMILES string of the molecule is c1cc2c(cn1)CCN2CC1CCCN1. The van der Waals surface area contributed by atoms with Crippen LogP contribution < -0.4 is 10.2 Å². The number of anilines is 1. The zero-order valence-electron chi connectivity index (χ0n) is 8.95. The Balaban J connectivity index is 1.73. The second-order valence-electron chi connectivity index (χ2n) is 4.49. The molecule has 0 radical (unpaired) electrons. The Bertz CT molecular complexity index is 344. The number of nitrogens with zero attached hydrogens (tertiary/aromatic N) is 2. The molecule has 1 saturated heterocycles. The highest BCUT2D eigenvalue weighted by Gasteiger charge is 2.23. The van der Waals surface area contributed by atoms with E-state index in [4.69, 9.17) is 0 Å². The van der Waals surface area contributed by atoms with Gasteiger partial charge in [-0.05, 0) is 37.4 Å². The lowest BCUT2D eigenvalue weighted by Crippen LogP contribution is -2.36. The van der Waals surface area contributed by atoms with Gasteiger partial charge in [-0.25, -0.2) is 0 Å². The van der Waals surface area contributed by atoms with Crippen molar-refractivity contribution in [3.63, 3.8) is 0 Å². The number of nitrogens with one attached hydrogen (secondary N) is 1. The normalized spacial score (nSPS) is 24.5. The number of hydrogen-bond donors (Lipinski definition) is 1. The molecule has 1 aromatic rings. The minimum atomic E-state index is 0.698. The summed E-state index contributed by atoms with van der Waals surface area (Å²) in [7, 11) is 0. The average molecular weight is 203 g/mol. The van der Waals surface area contributed by atoms with Gasteiger partial charge in [-0.3, -0.25) is 4.98 Å². The van der Waals surface area contributed by atoms with Gasteiger partial charge in [0.2, 0.25) is 0 Å². The van der Waals surface area contributed by atoms with Gasteiger partial charge in [0.25, 0.3) is 0 Å². The predicted octanol–water partition coefficient (Wildman–Crippen LogP) is 1.20. The fourth-order valence-electron chi connectivity index (χ4n) is 2.67. The summed E-state index contributed by atoms with van der Waals surface area (Å²) >= 11 is 0. The smallest absolute Gasteiger partial charge is 0.0431 e. The molecule has 0 aliphatic carbocycles. The molecule has 0 amide bonds. The molecule has 3 heterocycles. The molecular formula is C12H17N3. The molecule has 80 valence electrons. The molecule has 0 spiro atoms. The van der Waals surface area contributed by atoms with E-state index in [1.54, 1.807) is 0 Å². The first-order valence-electron chi connectivity index (χ1n) is 5.85. The molecule has 15 heavy (non-hydrogen) atoms. The van der Waals surface area contributed by atoms with Gasteiger partial charge in [-0.15, -0.1) is 0 Å². The quantitative estimate of drug-likeness (QED) is 0.782. The van der Waals surface area contributed by atoms with E-state index in [1.807, 2.05) is 12.4 Å². The third-order valence-electron chi connectivity index (χ3n) is 3.47. The Kier molecular flexibility index (Phi) is 2.33. The topological polar surface area (TPSA) is 28.2 Å². The number of rotatable bonds is 2. The first kappa shape index (κ1) is 9.16. The minimum Gasteiger partial charge on any atom is -0.369 e. The lowest BCUT2D eigenvalue weighted by molar-refractivity contribution is 0.589. The van der Waals surface area contributed by atoms with E-state index in [1.165, 1.54) is 37.2 Å². The molecule has 1 unspecified atom stereocenters. The maximum Gasteiger partial charge on any atom is 0.0431 e. The van der Waals surface area contributed by atoms with E-state index in [0.717, 1.165) is 13.0 Å². The van der Waals surface area contributed by atoms with E-state index < -0.39 is 0 Å². The van der Waals surface area contributed by atoms with Crippen molar-refractivity contribution in [3.8, 4) is 0 Å². The van der Waals surface area contributed by atoms with Gasteiger partial charge in [0.15, 0.2) is 0 Å². The Morgan fingerprint density at radius 1 is 1.53 bits per heavy atom. The molecule has 3 rings (SSSR count). The summed E-state index contributed by atoms with van der Waals surface area (Å²) in [6.07, 6.45) is 7.74. The monoisotopic (exact) mass is 203 g/mol. The van der Waals surface area contributed by atoms with Crippen molar-refractivity contribution < 1.29 is 0 Å². The number of hydrogen-bond acceptors (Lipinski definition) is 3. The van der Waals surface area contributed by atoms with E-state index in [9.17, 15) is 0 Å². The van der Waals surface area contributed by atoms with Gasteiger partial charge in [0.1, 0.15) is 0 Å². The second kappa shape index (κ2) is 3.81. The Morgan fingerprint density at radius 3 is 3.40 bits per heavy atom. The van der Waals surface area contributed by atoms with E-state index in [-0.39, 0.29) is 0 Å². The largest absolute Gasteiger partial charge is 0.369 e. The summed E-state index contributed by atoms with van der Waals surface area (Å²) in [5, 5.41) is 3.56. The van der Waals surface area contributed by atoms with Crippen molar-refractivity contribution in [3.05, 3.63) is 24.0 Å². The van der Waals surface area contributed by atoms with Gasteiger partial charge in [0.05, 0.1) is 0 Å². The molecule has 2 aliphatic heterocycles. The van der Waals surface area contributed by atoms with Crippen LogP contribution in [0.25, 0.3) is 0 Å². The summed E-state index contributed by atoms with van der Waals surface area (Å²) in [4.78, 5) is 6.68. The van der Waals surface area contributed by atoms with Crippen LogP contribution in [0.5, 0.6) is 0 Å². The van der Waals surface area contributed by atoms with Gasteiger partial charge in [-0.1, -0.05) is 0 Å². The van der Waals surface area contributed by atoms with Crippen LogP contribution in [-0.2, 0) is 6.42 Å². The van der Waals surface area contributed by atoms with Crippen LogP contribution >= 0.6 is 0 Å². The zero-order valence-corrected chi connectivity index (χ0v) is 8.95. The lowest BCUT2D eigenvalue weighted by atomic mass is 10.2. The molecule has 0 bridgehead atoms. The van der Waals surface area contributed by atoms with Crippen LogP contribution in [0.2, 0.25) is 0 Å². The fraction of sp³-hybridized carbons (Fsp3) is 0.583. The lowest BCUT2D eigenvalue weighted by Gasteiger charge is -2.23. The highest BCUT2D eigenvalue weighted by molar-refractivity contribution is 5.56. The maximum atomic E-state index is 4.18. The standard InChI is InChI=1S/C12H17N3/c1-2-11(14-5-1)9-15-7-4-10-8-13-6-3-12(10)15/h3,6,8,11,14H,1-2,4-5,7,9H2. The van der Waals surface area contributed by atoms with E-state index in [0.29, 0.717) is 6.04 Å². The highest BCUT2D eigenvalue weighted by Crippen LogP contribution is 2.27. The molecule has 2 aliphatic rings. The number of aromatic nitrogens is 1. The molecule has 0 saturated carbocycles. The van der Waals surface area contributed by atoms with Gasteiger partial charge < -0.3 is 10.2 Å². The summed E-state index contributed by atoms with van der Waals surface area (Å²) in [6, 6.07) is 2.85. The molecule has 1 atom stereocenters. The van der Waals surface area contributed by atoms with Gasteiger partial charge in [0, 0.05) is 37.2 Å². The molecule has 0 aromatic carbocycles. The van der Waals surface area contributed by atoms with Crippen LogP contribution in [0, 0.1) is 0 Å². The summed E-state index contributed by atoms with van der Waals surface area (Å²) in [6.45, 7) is 3.53. The minimum absolute atomic E-state index is 0.698. The molecule has 1 N–H and O–H groups in total. The van der Waals surface area contributed by atoms with Crippen LogP contribution in [0.15, 0.2) is 18.5 Å². The summed E-state index contributed by atoms with van der Waals surface area (Å²) < 4.78 is 0. The molecule has 1 fully saturated rings. The van der Waals surface area contributed by atoms with Crippen LogP contribution in [0.4, 0.5) is 5.69 Å². The van der Waals surface area contributed by atoms with Crippen LogP contribution in [0.1, 0.15) is 18.4 Å². The molecule has 1 aromatic heterocycles. The number of pyridine rings is 1. The second-order valence-corrected chi connectivity index (χ2v) is 4.49. The van der Waals surface area contributed by atoms with Crippen LogP contribution in [-0.4, -0.2) is 30.7 Å². The molecule has 3 heteroatoms. The summed E-state index contributed by atoms with van der Waals surface area (Å²) in [5.41, 5.74) is 2.81. The van der Waals surface area contributed by atoms with Crippen LogP contribution in [0.3, 0.4) is 0 Å². The zero-order chi connectivity index (χ0) is 10.1. The Labute approximate surface area is 90.5 Å². The van der Waals surface area contributed by atoms with Crippen molar-refractivity contribution >= 4 is 5.69 Å². The Morgan fingerprint density at radius 2 is 2.53 bits per heavy atom. The third-order valence-corrected chi connectivity index (χ3v) is 3.47. The highest BCUT2D eigenvalue weighted by atomic mass is 15.2. The average Bonchev–Trinajstić information content (AvgIpc) is 2.89. The first-order valence-corrected chi connectivity index (χ1v) is 5.85.